The van der Waals surface area contributed by atoms with Gasteiger partial charge in [0.05, 0.1) is 10.3 Å². The van der Waals surface area contributed by atoms with Gasteiger partial charge in [-0.1, -0.05) is 78.4 Å². The van der Waals surface area contributed by atoms with E-state index in [1.165, 1.54) is 12.1 Å². The van der Waals surface area contributed by atoms with Crippen LogP contribution in [0.3, 0.4) is 0 Å². The van der Waals surface area contributed by atoms with Crippen molar-refractivity contribution in [1.82, 2.24) is 9.62 Å². The number of cyclic esters (lactones) is 1. The van der Waals surface area contributed by atoms with Gasteiger partial charge in [-0.25, -0.2) is 18.1 Å². The maximum absolute atomic E-state index is 13.7. The molecule has 34 heavy (non-hydrogen) atoms. The highest BCUT2D eigenvalue weighted by Crippen LogP contribution is 2.33. The fourth-order valence-electron chi connectivity index (χ4n) is 3.75. The molecule has 0 spiro atoms. The van der Waals surface area contributed by atoms with Crippen LogP contribution in [0.4, 0.5) is 4.79 Å². The average Bonchev–Trinajstić information content (AvgIpc) is 3.24. The highest BCUT2D eigenvalue weighted by Gasteiger charge is 2.45. The molecule has 0 aromatic heterocycles. The first kappa shape index (κ1) is 23.9. The molecular weight excluding hydrogens is 476 g/mol. The number of hydrogen-bond acceptors (Lipinski definition) is 5. The van der Waals surface area contributed by atoms with Gasteiger partial charge in [-0.2, -0.15) is 4.72 Å². The van der Waals surface area contributed by atoms with Crippen molar-refractivity contribution in [3.05, 3.63) is 102 Å². The predicted octanol–water partition coefficient (Wildman–Crippen LogP) is 4.34. The Morgan fingerprint density at radius 1 is 1.00 bits per heavy atom. The van der Waals surface area contributed by atoms with Crippen molar-refractivity contribution in [1.29, 1.82) is 0 Å². The first-order valence-electron chi connectivity index (χ1n) is 10.6. The average molecular weight is 499 g/mol. The zero-order valence-electron chi connectivity index (χ0n) is 18.3. The summed E-state index contributed by atoms with van der Waals surface area (Å²) in [5, 5.41) is -1.08. The van der Waals surface area contributed by atoms with Gasteiger partial charge in [0.1, 0.15) is 18.7 Å². The van der Waals surface area contributed by atoms with Crippen molar-refractivity contribution >= 4 is 33.6 Å². The molecule has 1 heterocycles. The molecule has 1 saturated heterocycles. The van der Waals surface area contributed by atoms with Gasteiger partial charge in [-0.3, -0.25) is 4.79 Å². The number of nitrogens with zero attached hydrogens (tertiary/aromatic N) is 1. The second kappa shape index (κ2) is 9.97. The second-order valence-corrected chi connectivity index (χ2v) is 10.1. The van der Waals surface area contributed by atoms with E-state index >= 15 is 0 Å². The van der Waals surface area contributed by atoms with E-state index in [1.54, 1.807) is 66.7 Å². The predicted molar refractivity (Wildman–Crippen MR) is 128 cm³/mol. The number of amides is 2. The number of alkyl halides is 1. The molecule has 4 rings (SSSR count). The van der Waals surface area contributed by atoms with Crippen molar-refractivity contribution in [3.8, 4) is 0 Å². The van der Waals surface area contributed by atoms with Gasteiger partial charge < -0.3 is 4.74 Å². The van der Waals surface area contributed by atoms with E-state index in [0.717, 1.165) is 10.5 Å². The maximum Gasteiger partial charge on any atom is 0.417 e. The van der Waals surface area contributed by atoms with Crippen LogP contribution in [0.25, 0.3) is 0 Å². The minimum Gasteiger partial charge on any atom is -0.446 e. The molecule has 2 amide bonds. The van der Waals surface area contributed by atoms with Gasteiger partial charge in [0, 0.05) is 0 Å². The Labute approximate surface area is 203 Å². The molecule has 0 aliphatic carbocycles. The molecule has 0 unspecified atom stereocenters. The monoisotopic (exact) mass is 498 g/mol. The summed E-state index contributed by atoms with van der Waals surface area (Å²) in [4.78, 5) is 27.3. The number of sulfonamides is 1. The van der Waals surface area contributed by atoms with Crippen molar-refractivity contribution in [2.75, 3.05) is 6.61 Å². The molecule has 3 aromatic carbocycles. The molecule has 3 aromatic rings. The molecule has 9 heteroatoms. The normalized spacial score (nSPS) is 17.8. The number of benzene rings is 3. The lowest BCUT2D eigenvalue weighted by molar-refractivity contribution is -0.131. The fourth-order valence-corrected chi connectivity index (χ4v) is 5.35. The zero-order valence-corrected chi connectivity index (χ0v) is 19.9. The van der Waals surface area contributed by atoms with Gasteiger partial charge in [-0.15, -0.1) is 11.6 Å². The Morgan fingerprint density at radius 2 is 1.59 bits per heavy atom. The number of halogens is 1. The highest BCUT2D eigenvalue weighted by molar-refractivity contribution is 7.89. The number of rotatable bonds is 7. The molecule has 1 aliphatic heterocycles. The van der Waals surface area contributed by atoms with Crippen LogP contribution in [-0.2, 0) is 19.6 Å². The van der Waals surface area contributed by atoms with Gasteiger partial charge in [-0.05, 0) is 30.2 Å². The van der Waals surface area contributed by atoms with Crippen molar-refractivity contribution in [2.24, 2.45) is 0 Å². The number of hydrogen-bond donors (Lipinski definition) is 1. The molecule has 176 valence electrons. The number of nitrogens with one attached hydrogen (secondary N) is 1. The number of carbonyl (C=O) groups is 2. The van der Waals surface area contributed by atoms with Crippen LogP contribution in [0.2, 0.25) is 0 Å². The standard InChI is InChI=1S/C25H23ClN2O5S/c1-17-12-14-20(15-13-17)34(31,32)27-23(22(26)19-10-6-3-7-11-19)24(29)28-21(16-33-25(28)30)18-8-4-2-5-9-18/h2-15,21-23,27H,16H2,1H3/t21-,22+,23+/m1/s1. The Bertz CT molecular complexity index is 1270. The van der Waals surface area contributed by atoms with Crippen LogP contribution in [0.1, 0.15) is 28.1 Å². The third-order valence-corrected chi connectivity index (χ3v) is 7.55. The molecule has 1 aliphatic rings. The largest absolute Gasteiger partial charge is 0.446 e. The lowest BCUT2D eigenvalue weighted by Gasteiger charge is -2.28. The van der Waals surface area contributed by atoms with Gasteiger partial charge >= 0.3 is 6.09 Å². The van der Waals surface area contributed by atoms with Crippen molar-refractivity contribution in [2.45, 2.75) is 29.3 Å². The Balaban J connectivity index is 1.72. The SMILES string of the molecule is Cc1ccc(S(=O)(=O)N[C@H](C(=O)N2C(=O)OC[C@@H]2c2ccccc2)[C@@H](Cl)c2ccccc2)cc1. The van der Waals surface area contributed by atoms with Gasteiger partial charge in [0.25, 0.3) is 5.91 Å². The van der Waals surface area contributed by atoms with Crippen LogP contribution in [0, 0.1) is 6.92 Å². The summed E-state index contributed by atoms with van der Waals surface area (Å²) in [6.45, 7) is 1.80. The topological polar surface area (TPSA) is 92.8 Å². The smallest absolute Gasteiger partial charge is 0.417 e. The Morgan fingerprint density at radius 3 is 2.21 bits per heavy atom. The zero-order chi connectivity index (χ0) is 24.3. The summed E-state index contributed by atoms with van der Waals surface area (Å²) in [6.07, 6.45) is -0.852. The van der Waals surface area contributed by atoms with E-state index in [2.05, 4.69) is 4.72 Å². The number of carbonyl (C=O) groups excluding carboxylic acids is 2. The highest BCUT2D eigenvalue weighted by atomic mass is 35.5. The fraction of sp³-hybridized carbons (Fsp3) is 0.200. The Hall–Kier alpha value is -3.20. The minimum absolute atomic E-state index is 0.0172. The summed E-state index contributed by atoms with van der Waals surface area (Å²) >= 11 is 6.68. The Kier molecular flexibility index (Phi) is 7.02. The lowest BCUT2D eigenvalue weighted by Crippen LogP contribution is -2.51. The van der Waals surface area contributed by atoms with Crippen molar-refractivity contribution < 1.29 is 22.7 Å². The van der Waals surface area contributed by atoms with E-state index in [0.29, 0.717) is 11.1 Å². The van der Waals surface area contributed by atoms with E-state index in [1.807, 2.05) is 13.0 Å². The number of aryl methyl sites for hydroxylation is 1. The van der Waals surface area contributed by atoms with Crippen LogP contribution >= 0.6 is 11.6 Å². The lowest BCUT2D eigenvalue weighted by atomic mass is 10.0. The van der Waals surface area contributed by atoms with E-state index < -0.39 is 39.5 Å². The summed E-state index contributed by atoms with van der Waals surface area (Å²) in [5.41, 5.74) is 2.10. The molecular formula is C25H23ClN2O5S. The second-order valence-electron chi connectivity index (χ2n) is 7.94. The molecule has 0 bridgehead atoms. The molecule has 7 nitrogen and oxygen atoms in total. The molecule has 1 N–H and O–H groups in total. The molecule has 3 atom stereocenters. The number of imide groups is 1. The third-order valence-electron chi connectivity index (χ3n) is 5.58. The number of ether oxygens (including phenoxy) is 1. The molecule has 0 saturated carbocycles. The van der Waals surface area contributed by atoms with E-state index in [9.17, 15) is 18.0 Å². The van der Waals surface area contributed by atoms with Crippen LogP contribution in [0.5, 0.6) is 0 Å². The first-order valence-corrected chi connectivity index (χ1v) is 12.5. The third kappa shape index (κ3) is 4.99. The van der Waals surface area contributed by atoms with Gasteiger partial charge in [0.15, 0.2) is 0 Å². The summed E-state index contributed by atoms with van der Waals surface area (Å²) < 4.78 is 34.0. The van der Waals surface area contributed by atoms with Crippen molar-refractivity contribution in [3.63, 3.8) is 0 Å². The summed E-state index contributed by atoms with van der Waals surface area (Å²) in [6, 6.07) is 21.6. The summed E-state index contributed by atoms with van der Waals surface area (Å²) in [5.74, 6) is -0.795. The molecule has 1 fully saturated rings. The van der Waals surface area contributed by atoms with Crippen LogP contribution in [-0.4, -0.2) is 38.0 Å². The van der Waals surface area contributed by atoms with E-state index in [4.69, 9.17) is 16.3 Å². The van der Waals surface area contributed by atoms with Gasteiger partial charge in [0.2, 0.25) is 10.0 Å². The summed E-state index contributed by atoms with van der Waals surface area (Å²) in [7, 11) is -4.14. The van der Waals surface area contributed by atoms with E-state index in [-0.39, 0.29) is 11.5 Å². The molecule has 0 radical (unpaired) electrons. The quantitative estimate of drug-likeness (QED) is 0.489. The van der Waals surface area contributed by atoms with Crippen LogP contribution < -0.4 is 4.72 Å². The van der Waals surface area contributed by atoms with Crippen LogP contribution in [0.15, 0.2) is 89.8 Å². The minimum atomic E-state index is -4.14. The first-order chi connectivity index (χ1) is 16.3. The maximum atomic E-state index is 13.7.